The van der Waals surface area contributed by atoms with E-state index in [0.717, 1.165) is 5.56 Å². The lowest BCUT2D eigenvalue weighted by Gasteiger charge is -2.24. The summed E-state index contributed by atoms with van der Waals surface area (Å²) in [4.78, 5) is 10.3. The lowest BCUT2D eigenvalue weighted by atomic mass is 10.0. The van der Waals surface area contributed by atoms with Crippen molar-refractivity contribution in [2.24, 2.45) is 5.73 Å². The van der Waals surface area contributed by atoms with Crippen LogP contribution in [-0.4, -0.2) is 17.6 Å². The molecular weight excluding hydrogens is 263 g/mol. The Labute approximate surface area is 109 Å². The van der Waals surface area contributed by atoms with Gasteiger partial charge in [-0.15, -0.1) is 0 Å². The van der Waals surface area contributed by atoms with Crippen LogP contribution in [0.5, 0.6) is 0 Å². The fourth-order valence-electron chi connectivity index (χ4n) is 1.81. The Balaban J connectivity index is 2.35. The molecule has 0 saturated heterocycles. The van der Waals surface area contributed by atoms with Crippen LogP contribution < -0.4 is 11.1 Å². The number of carbonyl (C=O) groups excluding carboxylic acids is 1. The van der Waals surface area contributed by atoms with Crippen molar-refractivity contribution in [1.29, 1.82) is 0 Å². The number of esters is 1. The predicted molar refractivity (Wildman–Crippen MR) is 67.2 cm³/mol. The van der Waals surface area contributed by atoms with E-state index in [2.05, 4.69) is 5.32 Å². The maximum absolute atomic E-state index is 11.8. The smallest absolute Gasteiger partial charge is 0.349 e. The van der Waals surface area contributed by atoms with E-state index in [9.17, 15) is 4.79 Å². The molecule has 4 nitrogen and oxygen atoms in total. The van der Waals surface area contributed by atoms with Crippen LogP contribution in [0.15, 0.2) is 18.2 Å². The molecule has 1 aliphatic heterocycles. The lowest BCUT2D eigenvalue weighted by Crippen LogP contribution is -2.46. The zero-order valence-corrected chi connectivity index (χ0v) is 10.7. The van der Waals surface area contributed by atoms with Gasteiger partial charge in [0.25, 0.3) is 0 Å². The molecule has 0 radical (unpaired) electrons. The van der Waals surface area contributed by atoms with Gasteiger partial charge in [0.2, 0.25) is 5.00 Å². The summed E-state index contributed by atoms with van der Waals surface area (Å²) in [5.41, 5.74) is 7.38. The van der Waals surface area contributed by atoms with Crippen molar-refractivity contribution in [3.8, 4) is 0 Å². The minimum absolute atomic E-state index is 0.249. The van der Waals surface area contributed by atoms with Gasteiger partial charge in [0, 0.05) is 10.7 Å². The zero-order chi connectivity index (χ0) is 12.6. The molecule has 1 aromatic carbocycles. The van der Waals surface area contributed by atoms with Crippen molar-refractivity contribution >= 4 is 34.9 Å². The largest absolute Gasteiger partial charge is 0.463 e. The number of nitrogens with two attached hydrogens (primary N) is 1. The SMILES string of the molecule is CCOC(=O)C1(Cl)Nc2cc(Cl)ccc2C1N. The first-order valence-corrected chi connectivity index (χ1v) is 5.94. The molecule has 3 N–H and O–H groups in total. The fraction of sp³-hybridized carbons (Fsp3) is 0.364. The van der Waals surface area contributed by atoms with Crippen molar-refractivity contribution < 1.29 is 9.53 Å². The molecule has 2 unspecified atom stereocenters. The van der Waals surface area contributed by atoms with E-state index < -0.39 is 17.0 Å². The molecule has 0 aliphatic carbocycles. The Morgan fingerprint density at radius 3 is 3.00 bits per heavy atom. The number of anilines is 1. The van der Waals surface area contributed by atoms with Crippen LogP contribution in [0.2, 0.25) is 5.02 Å². The van der Waals surface area contributed by atoms with Crippen molar-refractivity contribution in [1.82, 2.24) is 0 Å². The van der Waals surface area contributed by atoms with Gasteiger partial charge >= 0.3 is 5.97 Å². The van der Waals surface area contributed by atoms with E-state index in [1.54, 1.807) is 25.1 Å². The summed E-state index contributed by atoms with van der Waals surface area (Å²) in [5, 5.41) is 3.42. The molecular formula is C11H12Cl2N2O2. The van der Waals surface area contributed by atoms with Crippen LogP contribution in [-0.2, 0) is 9.53 Å². The molecule has 2 atom stereocenters. The number of benzene rings is 1. The summed E-state index contributed by atoms with van der Waals surface area (Å²) in [7, 11) is 0. The minimum atomic E-state index is -1.46. The normalized spacial score (nSPS) is 26.2. The number of carbonyl (C=O) groups is 1. The number of rotatable bonds is 2. The zero-order valence-electron chi connectivity index (χ0n) is 9.17. The van der Waals surface area contributed by atoms with Gasteiger partial charge in [0.05, 0.1) is 12.6 Å². The van der Waals surface area contributed by atoms with Crippen LogP contribution >= 0.6 is 23.2 Å². The van der Waals surface area contributed by atoms with Gasteiger partial charge < -0.3 is 15.8 Å². The number of ether oxygens (including phenoxy) is 1. The second-order valence-corrected chi connectivity index (χ2v) is 4.80. The van der Waals surface area contributed by atoms with Crippen LogP contribution in [0.1, 0.15) is 18.5 Å². The van der Waals surface area contributed by atoms with E-state index in [0.29, 0.717) is 10.7 Å². The van der Waals surface area contributed by atoms with Crippen molar-refractivity contribution in [3.05, 3.63) is 28.8 Å². The van der Waals surface area contributed by atoms with Crippen molar-refractivity contribution in [3.63, 3.8) is 0 Å². The molecule has 0 bridgehead atoms. The van der Waals surface area contributed by atoms with Gasteiger partial charge in [0.15, 0.2) is 0 Å². The first-order chi connectivity index (χ1) is 7.99. The first-order valence-electron chi connectivity index (χ1n) is 5.18. The molecule has 2 rings (SSSR count). The summed E-state index contributed by atoms with van der Waals surface area (Å²) in [6, 6.07) is 4.46. The molecule has 17 heavy (non-hydrogen) atoms. The highest BCUT2D eigenvalue weighted by atomic mass is 35.5. The predicted octanol–water partition coefficient (Wildman–Crippen LogP) is 2.26. The summed E-state index contributed by atoms with van der Waals surface area (Å²) in [5.74, 6) is -0.582. The third kappa shape index (κ3) is 1.97. The Morgan fingerprint density at radius 1 is 1.65 bits per heavy atom. The monoisotopic (exact) mass is 274 g/mol. The number of fused-ring (bicyclic) bond motifs is 1. The quantitative estimate of drug-likeness (QED) is 0.493. The van der Waals surface area contributed by atoms with E-state index in [1.165, 1.54) is 0 Å². The number of alkyl halides is 1. The average molecular weight is 275 g/mol. The van der Waals surface area contributed by atoms with Crippen LogP contribution in [0.4, 0.5) is 5.69 Å². The standard InChI is InChI=1S/C11H12Cl2N2O2/c1-2-17-10(16)11(13)9(14)7-4-3-6(12)5-8(7)15-11/h3-5,9,15H,2,14H2,1H3. The minimum Gasteiger partial charge on any atom is -0.463 e. The van der Waals surface area contributed by atoms with Gasteiger partial charge in [-0.25, -0.2) is 4.79 Å². The molecule has 0 aromatic heterocycles. The van der Waals surface area contributed by atoms with Crippen LogP contribution in [0.25, 0.3) is 0 Å². The molecule has 0 fully saturated rings. The van der Waals surface area contributed by atoms with E-state index in [4.69, 9.17) is 33.7 Å². The van der Waals surface area contributed by atoms with Gasteiger partial charge in [-0.05, 0) is 24.6 Å². The van der Waals surface area contributed by atoms with Gasteiger partial charge in [-0.1, -0.05) is 29.3 Å². The van der Waals surface area contributed by atoms with Crippen LogP contribution in [0.3, 0.4) is 0 Å². The molecule has 1 heterocycles. The Morgan fingerprint density at radius 2 is 2.35 bits per heavy atom. The van der Waals surface area contributed by atoms with Gasteiger partial charge in [0.1, 0.15) is 0 Å². The Kier molecular flexibility index (Phi) is 3.21. The summed E-state index contributed by atoms with van der Waals surface area (Å²) in [6.45, 7) is 1.96. The van der Waals surface area contributed by atoms with Crippen molar-refractivity contribution in [2.75, 3.05) is 11.9 Å². The highest BCUT2D eigenvalue weighted by molar-refractivity contribution is 6.37. The average Bonchev–Trinajstić information content (AvgIpc) is 2.52. The topological polar surface area (TPSA) is 64.3 Å². The second-order valence-electron chi connectivity index (χ2n) is 3.77. The fourth-order valence-corrected chi connectivity index (χ4v) is 2.26. The highest BCUT2D eigenvalue weighted by Crippen LogP contribution is 2.43. The summed E-state index contributed by atoms with van der Waals surface area (Å²) >= 11 is 12.1. The third-order valence-corrected chi connectivity index (χ3v) is 3.39. The Hall–Kier alpha value is -0.970. The number of hydrogen-bond acceptors (Lipinski definition) is 4. The number of hydrogen-bond donors (Lipinski definition) is 2. The Bertz CT molecular complexity index is 467. The van der Waals surface area contributed by atoms with E-state index >= 15 is 0 Å². The molecule has 92 valence electrons. The third-order valence-electron chi connectivity index (χ3n) is 2.67. The molecule has 6 heteroatoms. The molecule has 0 amide bonds. The van der Waals surface area contributed by atoms with Gasteiger partial charge in [-0.2, -0.15) is 0 Å². The molecule has 0 saturated carbocycles. The van der Waals surface area contributed by atoms with Gasteiger partial charge in [-0.3, -0.25) is 0 Å². The summed E-state index contributed by atoms with van der Waals surface area (Å²) in [6.07, 6.45) is 0. The molecule has 1 aliphatic rings. The molecule has 0 spiro atoms. The van der Waals surface area contributed by atoms with E-state index in [-0.39, 0.29) is 6.61 Å². The highest BCUT2D eigenvalue weighted by Gasteiger charge is 2.50. The maximum atomic E-state index is 11.8. The first kappa shape index (κ1) is 12.5. The summed E-state index contributed by atoms with van der Waals surface area (Å²) < 4.78 is 4.91. The lowest BCUT2D eigenvalue weighted by molar-refractivity contribution is -0.146. The molecule has 1 aromatic rings. The maximum Gasteiger partial charge on any atom is 0.349 e. The number of halogens is 2. The van der Waals surface area contributed by atoms with E-state index in [1.807, 2.05) is 0 Å². The van der Waals surface area contributed by atoms with Crippen molar-refractivity contribution in [2.45, 2.75) is 18.0 Å². The second kappa shape index (κ2) is 4.37. The van der Waals surface area contributed by atoms with Crippen LogP contribution in [0, 0.1) is 0 Å². The number of nitrogens with one attached hydrogen (secondary N) is 1.